The molecule has 2 rings (SSSR count). The van der Waals surface area contributed by atoms with Crippen LogP contribution in [0.3, 0.4) is 0 Å². The summed E-state index contributed by atoms with van der Waals surface area (Å²) in [4.78, 5) is 0. The topological polar surface area (TPSA) is 38.0 Å². The summed E-state index contributed by atoms with van der Waals surface area (Å²) in [5.41, 5.74) is 7.70. The first-order chi connectivity index (χ1) is 6.83. The van der Waals surface area contributed by atoms with E-state index in [0.29, 0.717) is 0 Å². The lowest BCUT2D eigenvalue weighted by molar-refractivity contribution is 1.63. The minimum atomic E-state index is 0.801. The third-order valence-electron chi connectivity index (χ3n) is 2.21. The molecular formula is C12H12N2. The summed E-state index contributed by atoms with van der Waals surface area (Å²) in [6.07, 6.45) is 1.66. The van der Waals surface area contributed by atoms with Crippen molar-refractivity contribution >= 4 is 22.1 Å². The second kappa shape index (κ2) is 3.42. The first-order valence-corrected chi connectivity index (χ1v) is 4.47. The molecule has 2 nitrogen and oxygen atoms in total. The van der Waals surface area contributed by atoms with Crippen molar-refractivity contribution in [2.24, 2.45) is 0 Å². The van der Waals surface area contributed by atoms with Gasteiger partial charge in [0, 0.05) is 22.1 Å². The fourth-order valence-corrected chi connectivity index (χ4v) is 1.57. The Labute approximate surface area is 83.0 Å². The van der Waals surface area contributed by atoms with Gasteiger partial charge in [-0.25, -0.2) is 0 Å². The molecule has 0 radical (unpaired) electrons. The van der Waals surface area contributed by atoms with Gasteiger partial charge in [0.2, 0.25) is 0 Å². The standard InChI is InChI=1S/C12H12N2/c1-2-14-12-8-4-5-9-10(12)6-3-7-11(9)13/h2-8,14H,1,13H2. The molecule has 14 heavy (non-hydrogen) atoms. The zero-order chi connectivity index (χ0) is 9.97. The maximum atomic E-state index is 5.87. The number of nitrogen functional groups attached to an aromatic ring is 1. The van der Waals surface area contributed by atoms with Gasteiger partial charge in [-0.2, -0.15) is 0 Å². The maximum absolute atomic E-state index is 5.87. The van der Waals surface area contributed by atoms with Gasteiger partial charge >= 0.3 is 0 Å². The molecule has 2 heteroatoms. The van der Waals surface area contributed by atoms with Gasteiger partial charge in [-0.1, -0.05) is 30.8 Å². The van der Waals surface area contributed by atoms with Gasteiger partial charge in [-0.05, 0) is 18.3 Å². The van der Waals surface area contributed by atoms with E-state index >= 15 is 0 Å². The Morgan fingerprint density at radius 3 is 2.57 bits per heavy atom. The van der Waals surface area contributed by atoms with Gasteiger partial charge in [0.15, 0.2) is 0 Å². The van der Waals surface area contributed by atoms with Gasteiger partial charge in [-0.15, -0.1) is 0 Å². The SMILES string of the molecule is C=CNc1cccc2c(N)cccc12. The molecule has 2 aromatic rings. The zero-order valence-corrected chi connectivity index (χ0v) is 7.83. The van der Waals surface area contributed by atoms with Crippen LogP contribution in [0, 0.1) is 0 Å². The van der Waals surface area contributed by atoms with Gasteiger partial charge < -0.3 is 11.1 Å². The van der Waals surface area contributed by atoms with Gasteiger partial charge in [-0.3, -0.25) is 0 Å². The Bertz CT molecular complexity index is 475. The molecule has 0 unspecified atom stereocenters. The summed E-state index contributed by atoms with van der Waals surface area (Å²) in [7, 11) is 0. The highest BCUT2D eigenvalue weighted by Gasteiger charge is 2.00. The molecule has 0 aliphatic carbocycles. The van der Waals surface area contributed by atoms with E-state index in [1.165, 1.54) is 0 Å². The highest BCUT2D eigenvalue weighted by molar-refractivity contribution is 6.00. The summed E-state index contributed by atoms with van der Waals surface area (Å²) in [5, 5.41) is 5.27. The van der Waals surface area contributed by atoms with E-state index in [4.69, 9.17) is 5.73 Å². The molecule has 3 N–H and O–H groups in total. The first kappa shape index (κ1) is 8.63. The highest BCUT2D eigenvalue weighted by Crippen LogP contribution is 2.27. The second-order valence-electron chi connectivity index (χ2n) is 3.10. The van der Waals surface area contributed by atoms with Crippen LogP contribution in [-0.4, -0.2) is 0 Å². The average molecular weight is 184 g/mol. The van der Waals surface area contributed by atoms with Crippen LogP contribution >= 0.6 is 0 Å². The van der Waals surface area contributed by atoms with Crippen molar-refractivity contribution in [3.63, 3.8) is 0 Å². The molecule has 2 aromatic carbocycles. The number of anilines is 2. The second-order valence-corrected chi connectivity index (χ2v) is 3.10. The average Bonchev–Trinajstić information content (AvgIpc) is 2.20. The first-order valence-electron chi connectivity index (χ1n) is 4.47. The largest absolute Gasteiger partial charge is 0.398 e. The maximum Gasteiger partial charge on any atom is 0.0460 e. The van der Waals surface area contributed by atoms with Crippen LogP contribution in [0.4, 0.5) is 11.4 Å². The van der Waals surface area contributed by atoms with Gasteiger partial charge in [0.25, 0.3) is 0 Å². The van der Waals surface area contributed by atoms with E-state index in [1.807, 2.05) is 36.4 Å². The lowest BCUT2D eigenvalue weighted by Crippen LogP contribution is -1.90. The molecule has 0 aliphatic rings. The van der Waals surface area contributed by atoms with Crippen molar-refractivity contribution in [1.29, 1.82) is 0 Å². The molecule has 0 fully saturated rings. The van der Waals surface area contributed by atoms with Crippen molar-refractivity contribution in [1.82, 2.24) is 0 Å². The van der Waals surface area contributed by atoms with Crippen molar-refractivity contribution < 1.29 is 0 Å². The summed E-state index contributed by atoms with van der Waals surface area (Å²) in [6.45, 7) is 3.64. The number of benzene rings is 2. The van der Waals surface area contributed by atoms with Crippen molar-refractivity contribution in [2.75, 3.05) is 11.1 Å². The Morgan fingerprint density at radius 2 is 1.79 bits per heavy atom. The van der Waals surface area contributed by atoms with Crippen LogP contribution in [-0.2, 0) is 0 Å². The number of nitrogens with two attached hydrogens (primary N) is 1. The van der Waals surface area contributed by atoms with Crippen LogP contribution < -0.4 is 11.1 Å². The molecule has 0 spiro atoms. The zero-order valence-electron chi connectivity index (χ0n) is 7.83. The number of rotatable bonds is 2. The summed E-state index contributed by atoms with van der Waals surface area (Å²) in [6, 6.07) is 11.9. The predicted molar refractivity (Wildman–Crippen MR) is 62.2 cm³/mol. The monoisotopic (exact) mass is 184 g/mol. The lowest BCUT2D eigenvalue weighted by atomic mass is 10.1. The molecule has 0 heterocycles. The van der Waals surface area contributed by atoms with Gasteiger partial charge in [0.1, 0.15) is 0 Å². The van der Waals surface area contributed by atoms with Crippen LogP contribution in [0.1, 0.15) is 0 Å². The fourth-order valence-electron chi connectivity index (χ4n) is 1.57. The minimum Gasteiger partial charge on any atom is -0.398 e. The van der Waals surface area contributed by atoms with Crippen LogP contribution in [0.15, 0.2) is 49.2 Å². The van der Waals surface area contributed by atoms with E-state index < -0.39 is 0 Å². The Balaban J connectivity index is 2.74. The minimum absolute atomic E-state index is 0.801. The highest BCUT2D eigenvalue weighted by atomic mass is 14.8. The molecule has 0 saturated heterocycles. The summed E-state index contributed by atoms with van der Waals surface area (Å²) >= 11 is 0. The predicted octanol–water partition coefficient (Wildman–Crippen LogP) is 2.98. The number of hydrogen-bond donors (Lipinski definition) is 2. The number of hydrogen-bond acceptors (Lipinski definition) is 2. The Morgan fingerprint density at radius 1 is 1.07 bits per heavy atom. The number of fused-ring (bicyclic) bond motifs is 1. The fraction of sp³-hybridized carbons (Fsp3) is 0. The molecular weight excluding hydrogens is 172 g/mol. The number of nitrogens with one attached hydrogen (secondary N) is 1. The Kier molecular flexibility index (Phi) is 2.11. The molecule has 0 saturated carbocycles. The van der Waals surface area contributed by atoms with E-state index in [0.717, 1.165) is 22.1 Å². The van der Waals surface area contributed by atoms with Crippen molar-refractivity contribution in [2.45, 2.75) is 0 Å². The van der Waals surface area contributed by atoms with Gasteiger partial charge in [0.05, 0.1) is 0 Å². The van der Waals surface area contributed by atoms with Crippen molar-refractivity contribution in [3.05, 3.63) is 49.2 Å². The molecule has 0 bridgehead atoms. The van der Waals surface area contributed by atoms with Crippen LogP contribution in [0.5, 0.6) is 0 Å². The summed E-state index contributed by atoms with van der Waals surface area (Å²) in [5.74, 6) is 0. The van der Waals surface area contributed by atoms with E-state index in [-0.39, 0.29) is 0 Å². The van der Waals surface area contributed by atoms with E-state index in [1.54, 1.807) is 6.20 Å². The van der Waals surface area contributed by atoms with Crippen LogP contribution in [0.25, 0.3) is 10.8 Å². The van der Waals surface area contributed by atoms with E-state index in [9.17, 15) is 0 Å². The molecule has 70 valence electrons. The van der Waals surface area contributed by atoms with Crippen LogP contribution in [0.2, 0.25) is 0 Å². The quantitative estimate of drug-likeness (QED) is 0.704. The molecule has 0 aromatic heterocycles. The van der Waals surface area contributed by atoms with E-state index in [2.05, 4.69) is 11.9 Å². The molecule has 0 amide bonds. The van der Waals surface area contributed by atoms with Crippen molar-refractivity contribution in [3.8, 4) is 0 Å². The lowest BCUT2D eigenvalue weighted by Gasteiger charge is -2.07. The molecule has 0 aliphatic heterocycles. The summed E-state index contributed by atoms with van der Waals surface area (Å²) < 4.78 is 0. The molecule has 0 atom stereocenters. The third-order valence-corrected chi connectivity index (χ3v) is 2.21. The third kappa shape index (κ3) is 1.31. The normalized spacial score (nSPS) is 10.0. The smallest absolute Gasteiger partial charge is 0.0460 e. The Hall–Kier alpha value is -1.96.